The molecule has 2 amide bonds. The molecule has 3 rings (SSSR count). The molecule has 11 nitrogen and oxygen atoms in total. The number of carbonyl (C=O) groups excluding carboxylic acids is 1. The van der Waals surface area contributed by atoms with E-state index in [9.17, 15) is 28.2 Å². The Balaban J connectivity index is 1.66. The van der Waals surface area contributed by atoms with E-state index in [0.717, 1.165) is 10.5 Å². The predicted molar refractivity (Wildman–Crippen MR) is 157 cm³/mol. The molecule has 3 aromatic rings. The van der Waals surface area contributed by atoms with Crippen molar-refractivity contribution in [1.82, 2.24) is 9.62 Å². The van der Waals surface area contributed by atoms with Gasteiger partial charge in [0.25, 0.3) is 5.91 Å². The van der Waals surface area contributed by atoms with Gasteiger partial charge in [0.15, 0.2) is 0 Å². The average Bonchev–Trinajstić information content (AvgIpc) is 2.95. The van der Waals surface area contributed by atoms with E-state index >= 15 is 0 Å². The molecule has 0 radical (unpaired) electrons. The summed E-state index contributed by atoms with van der Waals surface area (Å²) in [5.41, 5.74) is 2.17. The van der Waals surface area contributed by atoms with Crippen molar-refractivity contribution in [3.63, 3.8) is 0 Å². The van der Waals surface area contributed by atoms with E-state index in [1.807, 2.05) is 10.8 Å². The molecule has 226 valence electrons. The minimum atomic E-state index is -3.92. The van der Waals surface area contributed by atoms with Crippen LogP contribution in [0.2, 0.25) is 0 Å². The molecule has 0 aromatic heterocycles. The number of rotatable bonds is 15. The molecule has 0 spiro atoms. The summed E-state index contributed by atoms with van der Waals surface area (Å²) in [7, 11) is -3.92. The lowest BCUT2D eigenvalue weighted by Crippen LogP contribution is -2.36. The van der Waals surface area contributed by atoms with Gasteiger partial charge in [-0.1, -0.05) is 48.5 Å². The Kier molecular flexibility index (Phi) is 11.7. The maximum Gasteiger partial charge on any atom is 0.407 e. The molecule has 1 atom stereocenters. The average molecular weight is 601 g/mol. The van der Waals surface area contributed by atoms with Crippen molar-refractivity contribution < 1.29 is 42.8 Å². The van der Waals surface area contributed by atoms with Gasteiger partial charge in [-0.3, -0.25) is 4.79 Å². The second-order valence-corrected chi connectivity index (χ2v) is 11.6. The molecule has 3 aromatic carbocycles. The topological polar surface area (TPSA) is 163 Å². The Labute approximate surface area is 245 Å². The summed E-state index contributed by atoms with van der Waals surface area (Å²) in [6.07, 6.45) is -2.40. The maximum atomic E-state index is 12.7. The monoisotopic (exact) mass is 600 g/mol. The number of nitrogens with zero attached hydrogens (tertiary/aromatic N) is 1. The summed E-state index contributed by atoms with van der Waals surface area (Å²) in [6.45, 7) is 3.29. The Bertz CT molecular complexity index is 1430. The fraction of sp³-hybridized carbons (Fsp3) is 0.333. The molecular formula is C30H36N2O9S. The molecule has 0 aliphatic heterocycles. The molecule has 0 fully saturated rings. The van der Waals surface area contributed by atoms with Gasteiger partial charge in [0.1, 0.15) is 18.1 Å². The van der Waals surface area contributed by atoms with Gasteiger partial charge in [0.05, 0.1) is 36.6 Å². The number of nitrogens with one attached hydrogen (secondary N) is 1. The number of aliphatic hydroxyl groups excluding tert-OH is 2. The second kappa shape index (κ2) is 15.2. The molecule has 0 saturated heterocycles. The van der Waals surface area contributed by atoms with Gasteiger partial charge in [0.2, 0.25) is 10.0 Å². The summed E-state index contributed by atoms with van der Waals surface area (Å²) < 4.78 is 37.8. The van der Waals surface area contributed by atoms with Crippen molar-refractivity contribution in [1.29, 1.82) is 0 Å². The summed E-state index contributed by atoms with van der Waals surface area (Å²) >= 11 is 0. The van der Waals surface area contributed by atoms with Crippen LogP contribution >= 0.6 is 0 Å². The third-order valence-electron chi connectivity index (χ3n) is 6.07. The highest BCUT2D eigenvalue weighted by Crippen LogP contribution is 2.30. The molecule has 0 unspecified atom stereocenters. The molecule has 0 heterocycles. The smallest absolute Gasteiger partial charge is 0.407 e. The number of sulfonamides is 1. The number of ether oxygens (including phenoxy) is 2. The van der Waals surface area contributed by atoms with E-state index in [4.69, 9.17) is 14.6 Å². The van der Waals surface area contributed by atoms with Crippen LogP contribution < -0.4 is 14.2 Å². The van der Waals surface area contributed by atoms with Gasteiger partial charge < -0.3 is 29.7 Å². The third-order valence-corrected chi connectivity index (χ3v) is 7.40. The van der Waals surface area contributed by atoms with E-state index in [-0.39, 0.29) is 55.9 Å². The lowest BCUT2D eigenvalue weighted by atomic mass is 10.0. The Morgan fingerprint density at radius 3 is 2.26 bits per heavy atom. The van der Waals surface area contributed by atoms with E-state index in [0.29, 0.717) is 16.9 Å². The zero-order chi connectivity index (χ0) is 30.7. The Morgan fingerprint density at radius 2 is 1.64 bits per heavy atom. The number of amides is 2. The second-order valence-electron chi connectivity index (χ2n) is 9.73. The van der Waals surface area contributed by atoms with E-state index in [1.165, 1.54) is 6.07 Å². The highest BCUT2D eigenvalue weighted by Gasteiger charge is 2.21. The zero-order valence-corrected chi connectivity index (χ0v) is 24.3. The fourth-order valence-electron chi connectivity index (χ4n) is 4.01. The highest BCUT2D eigenvalue weighted by molar-refractivity contribution is 7.90. The van der Waals surface area contributed by atoms with Crippen molar-refractivity contribution in [2.75, 3.05) is 32.1 Å². The molecule has 12 heteroatoms. The lowest BCUT2D eigenvalue weighted by molar-refractivity contribution is 0.0894. The van der Waals surface area contributed by atoms with Crippen molar-refractivity contribution in [2.45, 2.75) is 32.5 Å². The maximum absolute atomic E-state index is 12.7. The van der Waals surface area contributed by atoms with Crippen molar-refractivity contribution in [3.05, 3.63) is 83.9 Å². The van der Waals surface area contributed by atoms with Crippen LogP contribution in [-0.2, 0) is 10.0 Å². The Morgan fingerprint density at radius 1 is 0.976 bits per heavy atom. The lowest BCUT2D eigenvalue weighted by Gasteiger charge is -2.22. The van der Waals surface area contributed by atoms with Crippen LogP contribution in [0.15, 0.2) is 72.8 Å². The minimum Gasteiger partial charge on any atom is -0.492 e. The first-order chi connectivity index (χ1) is 20.0. The fourth-order valence-corrected chi connectivity index (χ4v) is 5.02. The van der Waals surface area contributed by atoms with E-state index in [1.54, 1.807) is 74.5 Å². The minimum absolute atomic E-state index is 0.00577. The first-order valence-corrected chi connectivity index (χ1v) is 15.0. The normalized spacial score (nSPS) is 12.0. The SMILES string of the molecule is CC(C)Oc1cc(-c2ccc(OCCN(C[C@@H](O)c3ccccc3)C(=O)O)cc2)ccc1C(=O)NS(=O)(=O)CCCO. The van der Waals surface area contributed by atoms with Crippen LogP contribution in [-0.4, -0.2) is 78.8 Å². The van der Waals surface area contributed by atoms with Crippen molar-refractivity contribution in [3.8, 4) is 22.6 Å². The van der Waals surface area contributed by atoms with Gasteiger partial charge >= 0.3 is 6.09 Å². The largest absolute Gasteiger partial charge is 0.492 e. The van der Waals surface area contributed by atoms with Gasteiger partial charge in [-0.05, 0) is 61.2 Å². The highest BCUT2D eigenvalue weighted by atomic mass is 32.2. The molecule has 0 aliphatic carbocycles. The third kappa shape index (κ3) is 9.75. The quantitative estimate of drug-likeness (QED) is 0.204. The summed E-state index contributed by atoms with van der Waals surface area (Å²) in [5.74, 6) is -0.489. The number of carbonyl (C=O) groups is 2. The number of hydrogen-bond acceptors (Lipinski definition) is 8. The number of hydrogen-bond donors (Lipinski definition) is 4. The van der Waals surface area contributed by atoms with Crippen LogP contribution in [0.3, 0.4) is 0 Å². The summed E-state index contributed by atoms with van der Waals surface area (Å²) in [6, 6.07) is 20.6. The van der Waals surface area contributed by atoms with Crippen molar-refractivity contribution in [2.24, 2.45) is 0 Å². The molecule has 0 bridgehead atoms. The molecular weight excluding hydrogens is 564 g/mol. The zero-order valence-electron chi connectivity index (χ0n) is 23.5. The number of benzene rings is 3. The molecule has 0 aliphatic rings. The first-order valence-electron chi connectivity index (χ1n) is 13.4. The molecule has 0 saturated carbocycles. The van der Waals surface area contributed by atoms with Crippen LogP contribution in [0.1, 0.15) is 42.3 Å². The van der Waals surface area contributed by atoms with Crippen LogP contribution in [0.4, 0.5) is 4.79 Å². The van der Waals surface area contributed by atoms with E-state index in [2.05, 4.69) is 0 Å². The van der Waals surface area contributed by atoms with Gasteiger partial charge in [-0.25, -0.2) is 17.9 Å². The predicted octanol–water partition coefficient (Wildman–Crippen LogP) is 3.68. The van der Waals surface area contributed by atoms with Crippen LogP contribution in [0.25, 0.3) is 11.1 Å². The Hall–Kier alpha value is -4.13. The summed E-state index contributed by atoms with van der Waals surface area (Å²) in [4.78, 5) is 25.5. The van der Waals surface area contributed by atoms with E-state index < -0.39 is 28.1 Å². The number of aliphatic hydroxyl groups is 2. The molecule has 42 heavy (non-hydrogen) atoms. The van der Waals surface area contributed by atoms with Gasteiger partial charge in [0, 0.05) is 6.61 Å². The standard InChI is InChI=1S/C30H36N2O9S/c1-21(2)41-28-19-24(11-14-26(28)29(35)31-42(38,39)18-6-16-33)22-9-12-25(13-10-22)40-17-15-32(30(36)37)20-27(34)23-7-4-3-5-8-23/h3-5,7-14,19,21,27,33-34H,6,15-18,20H2,1-2H3,(H,31,35)(H,36,37)/t27-/m1/s1. The van der Waals surface area contributed by atoms with Crippen LogP contribution in [0.5, 0.6) is 11.5 Å². The summed E-state index contributed by atoms with van der Waals surface area (Å²) in [5, 5.41) is 28.8. The first kappa shape index (κ1) is 32.4. The molecule has 4 N–H and O–H groups in total. The van der Waals surface area contributed by atoms with Crippen LogP contribution in [0, 0.1) is 0 Å². The van der Waals surface area contributed by atoms with Crippen molar-refractivity contribution >= 4 is 22.0 Å². The van der Waals surface area contributed by atoms with Gasteiger partial charge in [-0.15, -0.1) is 0 Å². The number of carboxylic acid groups (broad SMARTS) is 1. The van der Waals surface area contributed by atoms with Gasteiger partial charge in [-0.2, -0.15) is 0 Å².